The molecule has 0 spiro atoms. The molecule has 5 rings (SSSR count). The van der Waals surface area contributed by atoms with E-state index < -0.39 is 39.4 Å². The van der Waals surface area contributed by atoms with Gasteiger partial charge < -0.3 is 14.9 Å². The number of hydrogen-bond acceptors (Lipinski definition) is 5. The maximum atomic E-state index is 14.1. The van der Waals surface area contributed by atoms with E-state index in [0.717, 1.165) is 24.0 Å². The second-order valence-electron chi connectivity index (χ2n) is 10.1. The first kappa shape index (κ1) is 23.0. The van der Waals surface area contributed by atoms with E-state index in [-0.39, 0.29) is 17.9 Å². The molecule has 0 aromatic heterocycles. The highest BCUT2D eigenvalue weighted by molar-refractivity contribution is 7.89. The highest BCUT2D eigenvalue weighted by Crippen LogP contribution is 2.59. The van der Waals surface area contributed by atoms with Gasteiger partial charge in [-0.25, -0.2) is 8.42 Å². The minimum atomic E-state index is -3.91. The van der Waals surface area contributed by atoms with Crippen LogP contribution in [0.2, 0.25) is 0 Å². The standard InChI is InChI=1S/C26H33NO5S/c1-19-9-11-22(12-10-19)33(30,31)27-23(20-7-3-2-4-8-20)18-32-24(27)25-14-5-6-15-26(25,29)17-21(28)13-16-25/h2-4,7-12,21,23-24,28-29H,5-6,13-18H2,1H3/t21-,23+,24-,25-,26-/m1/s1. The van der Waals surface area contributed by atoms with Crippen LogP contribution in [0.1, 0.15) is 62.1 Å². The van der Waals surface area contributed by atoms with Crippen LogP contribution in [-0.2, 0) is 14.8 Å². The summed E-state index contributed by atoms with van der Waals surface area (Å²) >= 11 is 0. The zero-order valence-electron chi connectivity index (χ0n) is 19.1. The molecule has 3 fully saturated rings. The summed E-state index contributed by atoms with van der Waals surface area (Å²) < 4.78 is 36.2. The fourth-order valence-electron chi connectivity index (χ4n) is 6.33. The molecular weight excluding hydrogens is 438 g/mol. The van der Waals surface area contributed by atoms with Crippen LogP contribution in [0, 0.1) is 12.3 Å². The fourth-order valence-corrected chi connectivity index (χ4v) is 8.09. The molecule has 1 aliphatic heterocycles. The molecule has 178 valence electrons. The fraction of sp³-hybridized carbons (Fsp3) is 0.538. The van der Waals surface area contributed by atoms with Gasteiger partial charge in [0, 0.05) is 11.8 Å². The molecule has 0 bridgehead atoms. The molecule has 1 heterocycles. The Morgan fingerprint density at radius 1 is 1.00 bits per heavy atom. The van der Waals surface area contributed by atoms with Crippen molar-refractivity contribution in [3.05, 3.63) is 65.7 Å². The van der Waals surface area contributed by atoms with Crippen LogP contribution in [0.15, 0.2) is 59.5 Å². The lowest BCUT2D eigenvalue weighted by Crippen LogP contribution is -2.64. The van der Waals surface area contributed by atoms with Crippen molar-refractivity contribution >= 4 is 10.0 Å². The van der Waals surface area contributed by atoms with Crippen LogP contribution in [0.5, 0.6) is 0 Å². The van der Waals surface area contributed by atoms with Crippen molar-refractivity contribution in [2.24, 2.45) is 5.41 Å². The lowest BCUT2D eigenvalue weighted by Gasteiger charge is -2.58. The molecule has 2 saturated carbocycles. The van der Waals surface area contributed by atoms with Gasteiger partial charge in [-0.15, -0.1) is 0 Å². The largest absolute Gasteiger partial charge is 0.393 e. The molecular formula is C26H33NO5S. The van der Waals surface area contributed by atoms with E-state index in [1.165, 1.54) is 4.31 Å². The Kier molecular flexibility index (Phi) is 5.90. The number of ether oxygens (including phenoxy) is 1. The van der Waals surface area contributed by atoms with Gasteiger partial charge in [0.1, 0.15) is 6.23 Å². The summed E-state index contributed by atoms with van der Waals surface area (Å²) in [6, 6.07) is 16.0. The van der Waals surface area contributed by atoms with E-state index in [9.17, 15) is 18.6 Å². The van der Waals surface area contributed by atoms with Gasteiger partial charge in [-0.1, -0.05) is 60.9 Å². The van der Waals surface area contributed by atoms with Gasteiger partial charge in [0.25, 0.3) is 0 Å². The van der Waals surface area contributed by atoms with Crippen molar-refractivity contribution in [3.8, 4) is 0 Å². The molecule has 7 heteroatoms. The number of hydrogen-bond donors (Lipinski definition) is 2. The van der Waals surface area contributed by atoms with E-state index in [1.807, 2.05) is 49.4 Å². The smallest absolute Gasteiger partial charge is 0.245 e. The quantitative estimate of drug-likeness (QED) is 0.706. The minimum Gasteiger partial charge on any atom is -0.393 e. The molecule has 0 radical (unpaired) electrons. The molecule has 2 aliphatic carbocycles. The number of nitrogens with zero attached hydrogens (tertiary/aromatic N) is 1. The molecule has 0 amide bonds. The van der Waals surface area contributed by atoms with Crippen LogP contribution < -0.4 is 0 Å². The van der Waals surface area contributed by atoms with Crippen molar-refractivity contribution in [1.82, 2.24) is 4.31 Å². The Hall–Kier alpha value is -1.77. The van der Waals surface area contributed by atoms with E-state index in [1.54, 1.807) is 12.1 Å². The molecule has 2 N–H and O–H groups in total. The zero-order chi connectivity index (χ0) is 23.3. The summed E-state index contributed by atoms with van der Waals surface area (Å²) in [6.45, 7) is 2.17. The van der Waals surface area contributed by atoms with E-state index in [0.29, 0.717) is 25.7 Å². The first-order valence-corrected chi connectivity index (χ1v) is 13.4. The van der Waals surface area contributed by atoms with Crippen molar-refractivity contribution in [3.63, 3.8) is 0 Å². The number of aliphatic hydroxyl groups is 2. The third-order valence-electron chi connectivity index (χ3n) is 8.09. The van der Waals surface area contributed by atoms with Gasteiger partial charge in [-0.3, -0.25) is 0 Å². The first-order chi connectivity index (χ1) is 15.8. The van der Waals surface area contributed by atoms with Crippen LogP contribution in [0.4, 0.5) is 0 Å². The number of rotatable bonds is 4. The predicted octanol–water partition coefficient (Wildman–Crippen LogP) is 3.92. The highest BCUT2D eigenvalue weighted by Gasteiger charge is 2.64. The molecule has 3 aliphatic rings. The Labute approximate surface area is 196 Å². The Morgan fingerprint density at radius 3 is 2.42 bits per heavy atom. The van der Waals surface area contributed by atoms with E-state index in [4.69, 9.17) is 4.74 Å². The van der Waals surface area contributed by atoms with Crippen LogP contribution >= 0.6 is 0 Å². The summed E-state index contributed by atoms with van der Waals surface area (Å²) in [5.74, 6) is 0. The maximum Gasteiger partial charge on any atom is 0.245 e. The number of aliphatic hydroxyl groups excluding tert-OH is 1. The highest BCUT2D eigenvalue weighted by atomic mass is 32.2. The average Bonchev–Trinajstić information content (AvgIpc) is 3.26. The second-order valence-corrected chi connectivity index (χ2v) is 11.9. The summed E-state index contributed by atoms with van der Waals surface area (Å²) in [4.78, 5) is 0.233. The van der Waals surface area contributed by atoms with Crippen molar-refractivity contribution in [1.29, 1.82) is 0 Å². The zero-order valence-corrected chi connectivity index (χ0v) is 19.9. The van der Waals surface area contributed by atoms with Gasteiger partial charge in [-0.2, -0.15) is 4.31 Å². The van der Waals surface area contributed by atoms with Crippen molar-refractivity contribution < 1.29 is 23.4 Å². The summed E-state index contributed by atoms with van der Waals surface area (Å²) in [7, 11) is -3.91. The van der Waals surface area contributed by atoms with Crippen LogP contribution in [0.25, 0.3) is 0 Å². The first-order valence-electron chi connectivity index (χ1n) is 11.9. The topological polar surface area (TPSA) is 87.1 Å². The van der Waals surface area contributed by atoms with Gasteiger partial charge in [0.15, 0.2) is 0 Å². The Balaban J connectivity index is 1.64. The number of aryl methyl sites for hydroxylation is 1. The average molecular weight is 472 g/mol. The molecule has 2 aromatic carbocycles. The van der Waals surface area contributed by atoms with Gasteiger partial charge in [-0.05, 0) is 50.3 Å². The summed E-state index contributed by atoms with van der Waals surface area (Å²) in [5, 5.41) is 22.3. The molecule has 5 atom stereocenters. The van der Waals surface area contributed by atoms with Crippen molar-refractivity contribution in [2.75, 3.05) is 6.61 Å². The third-order valence-corrected chi connectivity index (χ3v) is 9.96. The normalized spacial score (nSPS) is 35.3. The molecule has 0 unspecified atom stereocenters. The second kappa shape index (κ2) is 8.47. The number of benzene rings is 2. The van der Waals surface area contributed by atoms with E-state index in [2.05, 4.69) is 0 Å². The number of fused-ring (bicyclic) bond motifs is 1. The lowest BCUT2D eigenvalue weighted by molar-refractivity contribution is -0.225. The maximum absolute atomic E-state index is 14.1. The number of sulfonamides is 1. The Morgan fingerprint density at radius 2 is 1.70 bits per heavy atom. The van der Waals surface area contributed by atoms with Gasteiger partial charge in [0.2, 0.25) is 10.0 Å². The summed E-state index contributed by atoms with van der Waals surface area (Å²) in [6.07, 6.45) is 2.99. The minimum absolute atomic E-state index is 0.233. The van der Waals surface area contributed by atoms with Gasteiger partial charge in [0.05, 0.1) is 29.2 Å². The monoisotopic (exact) mass is 471 g/mol. The van der Waals surface area contributed by atoms with Crippen LogP contribution in [-0.4, -0.2) is 47.5 Å². The Bertz CT molecular complexity index is 1090. The molecule has 6 nitrogen and oxygen atoms in total. The predicted molar refractivity (Wildman–Crippen MR) is 125 cm³/mol. The van der Waals surface area contributed by atoms with Crippen molar-refractivity contribution in [2.45, 2.75) is 80.7 Å². The molecule has 2 aromatic rings. The van der Waals surface area contributed by atoms with E-state index >= 15 is 0 Å². The SMILES string of the molecule is Cc1ccc(S(=O)(=O)N2[C@H](c3ccccc3)CO[C@@H]2[C@]23CCCC[C@@]2(O)C[C@H](O)CC3)cc1. The third kappa shape index (κ3) is 3.74. The lowest BCUT2D eigenvalue weighted by atomic mass is 9.55. The molecule has 33 heavy (non-hydrogen) atoms. The van der Waals surface area contributed by atoms with Crippen LogP contribution in [0.3, 0.4) is 0 Å². The summed E-state index contributed by atoms with van der Waals surface area (Å²) in [5.41, 5.74) is -0.0296. The van der Waals surface area contributed by atoms with Gasteiger partial charge >= 0.3 is 0 Å². The molecule has 1 saturated heterocycles.